The number of rotatable bonds is 12. The van der Waals surface area contributed by atoms with Crippen molar-refractivity contribution in [2.75, 3.05) is 38.1 Å². The number of hydrogen-bond acceptors (Lipinski definition) is 5. The van der Waals surface area contributed by atoms with Crippen molar-refractivity contribution in [3.8, 4) is 0 Å². The summed E-state index contributed by atoms with van der Waals surface area (Å²) in [6, 6.07) is 5.65. The summed E-state index contributed by atoms with van der Waals surface area (Å²) in [7, 11) is 0. The molecular formula is C23H34F2N4O2. The Labute approximate surface area is 183 Å². The molecule has 0 aliphatic carbocycles. The normalized spacial score (nSPS) is 15.3. The van der Waals surface area contributed by atoms with Gasteiger partial charge in [0.05, 0.1) is 6.61 Å². The second kappa shape index (κ2) is 12.4. The number of piperazine rings is 1. The van der Waals surface area contributed by atoms with Crippen LogP contribution in [0.15, 0.2) is 35.7 Å². The maximum Gasteiger partial charge on any atom is 0.293 e. The maximum atomic E-state index is 13.5. The number of nitrogens with zero attached hydrogens (tertiary/aromatic N) is 1. The number of ether oxygens (including phenoxy) is 1. The molecule has 0 atom stereocenters. The summed E-state index contributed by atoms with van der Waals surface area (Å²) in [5.74, 6) is -0.900. The van der Waals surface area contributed by atoms with Crippen molar-refractivity contribution in [2.24, 2.45) is 0 Å². The van der Waals surface area contributed by atoms with Gasteiger partial charge in [0, 0.05) is 38.1 Å². The SMILES string of the molecule is CC(C)(F)CCCCCCOC(C(=O)Nc1cccc(F)c1)=C(C=N)N1CCNCC1. The average Bonchev–Trinajstić information content (AvgIpc) is 2.72. The van der Waals surface area contributed by atoms with Crippen molar-refractivity contribution in [1.29, 1.82) is 5.41 Å². The Bertz CT molecular complexity index is 756. The van der Waals surface area contributed by atoms with Gasteiger partial charge < -0.3 is 25.7 Å². The first-order valence-corrected chi connectivity index (χ1v) is 10.9. The zero-order chi connectivity index (χ0) is 22.7. The number of carbonyl (C=O) groups excluding carboxylic acids is 1. The summed E-state index contributed by atoms with van der Waals surface area (Å²) >= 11 is 0. The Morgan fingerprint density at radius 2 is 1.97 bits per heavy atom. The first kappa shape index (κ1) is 24.8. The van der Waals surface area contributed by atoms with E-state index in [2.05, 4.69) is 10.6 Å². The van der Waals surface area contributed by atoms with Gasteiger partial charge in [-0.25, -0.2) is 8.78 Å². The Kier molecular flexibility index (Phi) is 9.91. The Balaban J connectivity index is 2.02. The molecule has 0 bridgehead atoms. The first-order chi connectivity index (χ1) is 14.8. The molecule has 3 N–H and O–H groups in total. The fourth-order valence-electron chi connectivity index (χ4n) is 3.39. The molecule has 1 heterocycles. The summed E-state index contributed by atoms with van der Waals surface area (Å²) in [5, 5.41) is 13.8. The van der Waals surface area contributed by atoms with Crippen LogP contribution in [0.25, 0.3) is 0 Å². The van der Waals surface area contributed by atoms with Crippen molar-refractivity contribution in [2.45, 2.75) is 51.6 Å². The smallest absolute Gasteiger partial charge is 0.293 e. The maximum absolute atomic E-state index is 13.5. The molecule has 2 rings (SSSR count). The summed E-state index contributed by atoms with van der Waals surface area (Å²) in [6.07, 6.45) is 4.93. The zero-order valence-corrected chi connectivity index (χ0v) is 18.5. The molecule has 1 aliphatic rings. The second-order valence-corrected chi connectivity index (χ2v) is 8.29. The Hall–Kier alpha value is -2.48. The lowest BCUT2D eigenvalue weighted by Gasteiger charge is -2.31. The van der Waals surface area contributed by atoms with Crippen LogP contribution in [0, 0.1) is 11.2 Å². The standard InChI is InChI=1S/C23H34F2N4O2/c1-23(2,25)10-5-3-4-6-15-31-21(20(17-26)29-13-11-27-12-14-29)22(30)28-19-9-7-8-18(24)16-19/h7-9,16-17,26-27H,3-6,10-15H2,1-2H3,(H,28,30). The van der Waals surface area contributed by atoms with Gasteiger partial charge >= 0.3 is 0 Å². The number of amides is 1. The number of halogens is 2. The molecule has 8 heteroatoms. The highest BCUT2D eigenvalue weighted by atomic mass is 19.1. The topological polar surface area (TPSA) is 77.5 Å². The summed E-state index contributed by atoms with van der Waals surface area (Å²) in [6.45, 7) is 6.29. The second-order valence-electron chi connectivity index (χ2n) is 8.29. The van der Waals surface area contributed by atoms with E-state index < -0.39 is 17.4 Å². The van der Waals surface area contributed by atoms with Gasteiger partial charge in [0.1, 0.15) is 17.2 Å². The number of allylic oxidation sites excluding steroid dienone is 1. The van der Waals surface area contributed by atoms with E-state index in [1.165, 1.54) is 18.2 Å². The quantitative estimate of drug-likeness (QED) is 0.198. The van der Waals surface area contributed by atoms with Gasteiger partial charge in [0.15, 0.2) is 0 Å². The van der Waals surface area contributed by atoms with Crippen LogP contribution in [0.4, 0.5) is 14.5 Å². The molecule has 1 fully saturated rings. The first-order valence-electron chi connectivity index (χ1n) is 10.9. The monoisotopic (exact) mass is 436 g/mol. The third kappa shape index (κ3) is 9.04. The summed E-state index contributed by atoms with van der Waals surface area (Å²) in [5.41, 5.74) is -0.414. The molecule has 0 spiro atoms. The number of hydrogen-bond donors (Lipinski definition) is 3. The van der Waals surface area contributed by atoms with E-state index in [0.29, 0.717) is 37.5 Å². The molecule has 31 heavy (non-hydrogen) atoms. The minimum Gasteiger partial charge on any atom is -0.486 e. The highest BCUT2D eigenvalue weighted by Crippen LogP contribution is 2.19. The van der Waals surface area contributed by atoms with Crippen molar-refractivity contribution in [3.05, 3.63) is 41.5 Å². The van der Waals surface area contributed by atoms with Crippen molar-refractivity contribution in [1.82, 2.24) is 10.2 Å². The third-order valence-electron chi connectivity index (χ3n) is 5.03. The largest absolute Gasteiger partial charge is 0.486 e. The van der Waals surface area contributed by atoms with Crippen LogP contribution >= 0.6 is 0 Å². The van der Waals surface area contributed by atoms with Crippen LogP contribution in [0.2, 0.25) is 0 Å². The molecule has 1 aromatic rings. The van der Waals surface area contributed by atoms with Crippen LogP contribution in [-0.4, -0.2) is 55.5 Å². The summed E-state index contributed by atoms with van der Waals surface area (Å²) < 4.78 is 32.9. The molecule has 172 valence electrons. The molecule has 0 unspecified atom stereocenters. The molecule has 0 aromatic heterocycles. The van der Waals surface area contributed by atoms with E-state index in [9.17, 15) is 13.6 Å². The van der Waals surface area contributed by atoms with Crippen LogP contribution in [0.1, 0.15) is 46.0 Å². The molecule has 0 saturated carbocycles. The predicted octanol–water partition coefficient (Wildman–Crippen LogP) is 4.25. The Morgan fingerprint density at radius 3 is 2.61 bits per heavy atom. The molecule has 6 nitrogen and oxygen atoms in total. The van der Waals surface area contributed by atoms with Crippen LogP contribution in [0.5, 0.6) is 0 Å². The lowest BCUT2D eigenvalue weighted by Crippen LogP contribution is -2.44. The van der Waals surface area contributed by atoms with Crippen molar-refractivity contribution >= 4 is 17.8 Å². The van der Waals surface area contributed by atoms with E-state index >= 15 is 0 Å². The van der Waals surface area contributed by atoms with Crippen LogP contribution < -0.4 is 10.6 Å². The molecule has 0 radical (unpaired) electrons. The van der Waals surface area contributed by atoms with Crippen LogP contribution in [0.3, 0.4) is 0 Å². The zero-order valence-electron chi connectivity index (χ0n) is 18.5. The van der Waals surface area contributed by atoms with E-state index in [1.807, 2.05) is 4.90 Å². The number of carbonyl (C=O) groups is 1. The van der Waals surface area contributed by atoms with Gasteiger partial charge in [-0.3, -0.25) is 4.79 Å². The van der Waals surface area contributed by atoms with Gasteiger partial charge in [-0.05, 0) is 44.9 Å². The van der Waals surface area contributed by atoms with Gasteiger partial charge in [0.25, 0.3) is 5.91 Å². The Morgan fingerprint density at radius 1 is 1.26 bits per heavy atom. The molecule has 1 saturated heterocycles. The van der Waals surface area contributed by atoms with Gasteiger partial charge in [-0.1, -0.05) is 25.3 Å². The molecule has 1 aromatic carbocycles. The molecule has 1 aliphatic heterocycles. The lowest BCUT2D eigenvalue weighted by molar-refractivity contribution is -0.116. The van der Waals surface area contributed by atoms with Gasteiger partial charge in [-0.15, -0.1) is 0 Å². The molecular weight excluding hydrogens is 402 g/mol. The minimum absolute atomic E-state index is 0.0612. The van der Waals surface area contributed by atoms with Crippen molar-refractivity contribution < 1.29 is 18.3 Å². The molecule has 1 amide bonds. The number of alkyl halides is 1. The van der Waals surface area contributed by atoms with Crippen LogP contribution in [-0.2, 0) is 9.53 Å². The minimum atomic E-state index is -1.15. The van der Waals surface area contributed by atoms with Gasteiger partial charge in [0.2, 0.25) is 5.76 Å². The van der Waals surface area contributed by atoms with Crippen molar-refractivity contribution in [3.63, 3.8) is 0 Å². The third-order valence-corrected chi connectivity index (χ3v) is 5.03. The number of unbranched alkanes of at least 4 members (excludes halogenated alkanes) is 3. The van der Waals surface area contributed by atoms with Gasteiger partial charge in [-0.2, -0.15) is 0 Å². The number of nitrogens with one attached hydrogen (secondary N) is 3. The van der Waals surface area contributed by atoms with E-state index in [-0.39, 0.29) is 5.76 Å². The highest BCUT2D eigenvalue weighted by molar-refractivity contribution is 6.05. The predicted molar refractivity (Wildman–Crippen MR) is 120 cm³/mol. The van der Waals surface area contributed by atoms with E-state index in [4.69, 9.17) is 10.1 Å². The fourth-order valence-corrected chi connectivity index (χ4v) is 3.39. The lowest BCUT2D eigenvalue weighted by atomic mass is 10.0. The van der Waals surface area contributed by atoms with E-state index in [0.717, 1.165) is 45.0 Å². The number of benzene rings is 1. The fraction of sp³-hybridized carbons (Fsp3) is 0.565. The van der Waals surface area contributed by atoms with E-state index in [1.54, 1.807) is 19.9 Å². The summed E-state index contributed by atoms with van der Waals surface area (Å²) in [4.78, 5) is 14.9. The average molecular weight is 437 g/mol. The number of anilines is 1. The highest BCUT2D eigenvalue weighted by Gasteiger charge is 2.23.